The molecule has 0 aromatic rings. The highest BCUT2D eigenvalue weighted by molar-refractivity contribution is 8.14. The lowest BCUT2D eigenvalue weighted by Crippen LogP contribution is -2.32. The highest BCUT2D eigenvalue weighted by Crippen LogP contribution is 2.27. The molecule has 1 unspecified atom stereocenters. The molecule has 2 fully saturated rings. The molecule has 1 atom stereocenters. The van der Waals surface area contributed by atoms with Gasteiger partial charge in [0.2, 0.25) is 0 Å². The number of aliphatic carboxylic acids is 1. The van der Waals surface area contributed by atoms with E-state index in [-0.39, 0.29) is 24.9 Å². The van der Waals surface area contributed by atoms with Gasteiger partial charge in [0.05, 0.1) is 18.5 Å². The summed E-state index contributed by atoms with van der Waals surface area (Å²) in [5, 5.41) is 9.91. The summed E-state index contributed by atoms with van der Waals surface area (Å²) in [6, 6.07) is 0.568. The molecule has 0 aromatic carbocycles. The number of carbonyl (C=O) groups is 1. The van der Waals surface area contributed by atoms with Gasteiger partial charge in [0.1, 0.15) is 0 Å². The van der Waals surface area contributed by atoms with E-state index in [1.54, 1.807) is 11.8 Å². The van der Waals surface area contributed by atoms with Gasteiger partial charge in [-0.15, -0.1) is 12.4 Å². The van der Waals surface area contributed by atoms with Crippen LogP contribution in [0.4, 0.5) is 0 Å². The van der Waals surface area contributed by atoms with Gasteiger partial charge in [0.25, 0.3) is 0 Å². The van der Waals surface area contributed by atoms with Gasteiger partial charge in [-0.3, -0.25) is 9.79 Å². The van der Waals surface area contributed by atoms with E-state index in [9.17, 15) is 4.79 Å². The minimum atomic E-state index is -0.719. The van der Waals surface area contributed by atoms with E-state index in [4.69, 9.17) is 10.1 Å². The maximum atomic E-state index is 10.8. The van der Waals surface area contributed by atoms with Gasteiger partial charge in [-0.2, -0.15) is 0 Å². The number of halogens is 1. The van der Waals surface area contributed by atoms with Crippen LogP contribution in [0, 0.1) is 0 Å². The van der Waals surface area contributed by atoms with Crippen molar-refractivity contribution < 1.29 is 9.90 Å². The van der Waals surface area contributed by atoms with E-state index in [2.05, 4.69) is 4.90 Å². The summed E-state index contributed by atoms with van der Waals surface area (Å²) in [7, 11) is 1.98. The van der Waals surface area contributed by atoms with Gasteiger partial charge < -0.3 is 10.0 Å². The summed E-state index contributed by atoms with van der Waals surface area (Å²) in [4.78, 5) is 17.7. The van der Waals surface area contributed by atoms with Gasteiger partial charge >= 0.3 is 5.97 Å². The lowest BCUT2D eigenvalue weighted by molar-refractivity contribution is -0.137. The molecule has 1 saturated carbocycles. The number of hydrogen-bond acceptors (Lipinski definition) is 3. The summed E-state index contributed by atoms with van der Waals surface area (Å²) in [6.45, 7) is 0. The normalized spacial score (nSPS) is 27.1. The molecule has 1 heterocycles. The Morgan fingerprint density at radius 3 is 2.58 bits per heavy atom. The Kier molecular flexibility index (Phi) is 7.00. The molecule has 0 radical (unpaired) electrons. The average molecular weight is 307 g/mol. The third-order valence-electron chi connectivity index (χ3n) is 3.78. The maximum absolute atomic E-state index is 10.8. The van der Waals surface area contributed by atoms with E-state index < -0.39 is 5.97 Å². The van der Waals surface area contributed by atoms with Crippen molar-refractivity contribution in [2.75, 3.05) is 12.8 Å². The van der Waals surface area contributed by atoms with Crippen LogP contribution in [0.3, 0.4) is 0 Å². The third kappa shape index (κ3) is 4.88. The number of carboxylic acids is 1. The summed E-state index contributed by atoms with van der Waals surface area (Å²) in [5.41, 5.74) is 0. The van der Waals surface area contributed by atoms with Crippen molar-refractivity contribution in [2.45, 2.75) is 57.0 Å². The molecule has 0 bridgehead atoms. The predicted octanol–water partition coefficient (Wildman–Crippen LogP) is 3.01. The molecule has 19 heavy (non-hydrogen) atoms. The molecular formula is C13H23ClN2O2S. The zero-order valence-corrected chi connectivity index (χ0v) is 13.0. The molecule has 4 nitrogen and oxygen atoms in total. The molecule has 0 spiro atoms. The van der Waals surface area contributed by atoms with Crippen molar-refractivity contribution in [1.29, 1.82) is 0 Å². The largest absolute Gasteiger partial charge is 0.481 e. The van der Waals surface area contributed by atoms with Crippen molar-refractivity contribution in [1.82, 2.24) is 4.90 Å². The van der Waals surface area contributed by atoms with E-state index in [1.807, 2.05) is 7.05 Å². The van der Waals surface area contributed by atoms with Crippen LogP contribution in [0.1, 0.15) is 44.9 Å². The van der Waals surface area contributed by atoms with Gasteiger partial charge in [-0.25, -0.2) is 0 Å². The molecule has 1 aliphatic heterocycles. The van der Waals surface area contributed by atoms with Crippen LogP contribution >= 0.6 is 24.2 Å². The smallest absolute Gasteiger partial charge is 0.305 e. The minimum Gasteiger partial charge on any atom is -0.481 e. The lowest BCUT2D eigenvalue weighted by atomic mass is 10.1. The molecule has 0 amide bonds. The summed E-state index contributed by atoms with van der Waals surface area (Å²) >= 11 is 1.71. The molecule has 1 N–H and O–H groups in total. The Balaban J connectivity index is 0.00000180. The fourth-order valence-corrected chi connectivity index (χ4v) is 3.87. The molecule has 110 valence electrons. The molecule has 6 heteroatoms. The van der Waals surface area contributed by atoms with Crippen molar-refractivity contribution in [3.63, 3.8) is 0 Å². The Labute approximate surface area is 125 Å². The van der Waals surface area contributed by atoms with Crippen molar-refractivity contribution in [3.05, 3.63) is 0 Å². The number of hydrogen-bond donors (Lipinski definition) is 1. The van der Waals surface area contributed by atoms with Gasteiger partial charge in [0.15, 0.2) is 5.17 Å². The fourth-order valence-electron chi connectivity index (χ4n) is 2.61. The fraction of sp³-hybridized carbons (Fsp3) is 0.846. The van der Waals surface area contributed by atoms with Crippen LogP contribution in [0.25, 0.3) is 0 Å². The SMILES string of the molecule is CN1/C(=N/C2CCCCCC2)SCC1CC(=O)O.Cl. The lowest BCUT2D eigenvalue weighted by Gasteiger charge is -2.20. The molecule has 1 saturated heterocycles. The highest BCUT2D eigenvalue weighted by atomic mass is 35.5. The Hall–Kier alpha value is -0.420. The van der Waals surface area contributed by atoms with Crippen molar-refractivity contribution >= 4 is 35.3 Å². The number of carboxylic acid groups (broad SMARTS) is 1. The van der Waals surface area contributed by atoms with E-state index in [1.165, 1.54) is 38.5 Å². The molecule has 1 aliphatic carbocycles. The van der Waals surface area contributed by atoms with Crippen LogP contribution in [-0.4, -0.2) is 46.0 Å². The predicted molar refractivity (Wildman–Crippen MR) is 82.4 cm³/mol. The standard InChI is InChI=1S/C13H22N2O2S.ClH/c1-15-11(8-12(16)17)9-18-13(15)14-10-6-4-2-3-5-7-10;/h10-11H,2-9H2,1H3,(H,16,17);1H/b14-13-;. The number of nitrogens with zero attached hydrogens (tertiary/aromatic N) is 2. The van der Waals surface area contributed by atoms with Crippen LogP contribution in [0.5, 0.6) is 0 Å². The summed E-state index contributed by atoms with van der Waals surface area (Å²) in [5.74, 6) is 0.136. The second-order valence-electron chi connectivity index (χ2n) is 5.23. The molecule has 2 rings (SSSR count). The van der Waals surface area contributed by atoms with Crippen LogP contribution in [-0.2, 0) is 4.79 Å². The van der Waals surface area contributed by atoms with Crippen LogP contribution in [0.2, 0.25) is 0 Å². The maximum Gasteiger partial charge on any atom is 0.305 e. The second-order valence-corrected chi connectivity index (χ2v) is 6.22. The Morgan fingerprint density at radius 2 is 2.00 bits per heavy atom. The number of aliphatic imine (C=N–C) groups is 1. The zero-order chi connectivity index (χ0) is 13.0. The Morgan fingerprint density at radius 1 is 1.37 bits per heavy atom. The Bertz CT molecular complexity index is 331. The molecule has 0 aromatic heterocycles. The van der Waals surface area contributed by atoms with E-state index in [0.717, 1.165) is 10.9 Å². The summed E-state index contributed by atoms with van der Waals surface area (Å²) < 4.78 is 0. The van der Waals surface area contributed by atoms with E-state index in [0.29, 0.717) is 6.04 Å². The quantitative estimate of drug-likeness (QED) is 0.814. The second kappa shape index (κ2) is 8.00. The number of amidine groups is 1. The number of rotatable bonds is 3. The first-order valence-corrected chi connectivity index (χ1v) is 7.80. The average Bonchev–Trinajstić information content (AvgIpc) is 2.57. The van der Waals surface area contributed by atoms with E-state index >= 15 is 0 Å². The monoisotopic (exact) mass is 306 g/mol. The topological polar surface area (TPSA) is 52.9 Å². The van der Waals surface area contributed by atoms with Crippen LogP contribution < -0.4 is 0 Å². The third-order valence-corrected chi connectivity index (χ3v) is 4.99. The zero-order valence-electron chi connectivity index (χ0n) is 11.4. The number of thioether (sulfide) groups is 1. The molecule has 2 aliphatic rings. The van der Waals surface area contributed by atoms with Crippen LogP contribution in [0.15, 0.2) is 4.99 Å². The first-order chi connectivity index (χ1) is 8.66. The van der Waals surface area contributed by atoms with Crippen molar-refractivity contribution in [2.24, 2.45) is 4.99 Å². The minimum absolute atomic E-state index is 0. The first kappa shape index (κ1) is 16.6. The highest BCUT2D eigenvalue weighted by Gasteiger charge is 2.29. The molecular weight excluding hydrogens is 284 g/mol. The first-order valence-electron chi connectivity index (χ1n) is 6.82. The van der Waals surface area contributed by atoms with Crippen molar-refractivity contribution in [3.8, 4) is 0 Å². The summed E-state index contributed by atoms with van der Waals surface area (Å²) in [6.07, 6.45) is 7.86. The van der Waals surface area contributed by atoms with Gasteiger partial charge in [0, 0.05) is 12.8 Å². The van der Waals surface area contributed by atoms with Gasteiger partial charge in [-0.05, 0) is 12.8 Å². The van der Waals surface area contributed by atoms with Gasteiger partial charge in [-0.1, -0.05) is 37.4 Å².